The highest BCUT2D eigenvalue weighted by atomic mass is 79.9. The van der Waals surface area contributed by atoms with E-state index in [9.17, 15) is 8.78 Å². The van der Waals surface area contributed by atoms with E-state index in [0.29, 0.717) is 21.1 Å². The summed E-state index contributed by atoms with van der Waals surface area (Å²) in [5.41, 5.74) is 0. The molecule has 1 unspecified atom stereocenters. The van der Waals surface area contributed by atoms with E-state index in [4.69, 9.17) is 9.47 Å². The number of alkyl halides is 2. The summed E-state index contributed by atoms with van der Waals surface area (Å²) in [4.78, 5) is 4.16. The smallest absolute Gasteiger partial charge is 0.278 e. The van der Waals surface area contributed by atoms with Crippen LogP contribution in [0.15, 0.2) is 15.7 Å². The summed E-state index contributed by atoms with van der Waals surface area (Å²) in [6.45, 7) is -0.163. The highest BCUT2D eigenvalue weighted by molar-refractivity contribution is 9.10. The number of rotatable bonds is 2. The molecule has 0 saturated carbocycles. The second kappa shape index (κ2) is 4.75. The third-order valence-corrected chi connectivity index (χ3v) is 3.20. The molecule has 0 fully saturated rings. The standard InChI is InChI=1S/C9H8BrF2NO2S/c1-16-6-2-4-7(8(10)13-6)14-3-5(15-4)9(11)12/h2,5,9H,3H2,1H3. The zero-order valence-corrected chi connectivity index (χ0v) is 10.6. The van der Waals surface area contributed by atoms with Gasteiger partial charge in [-0.15, -0.1) is 11.8 Å². The molecular formula is C9H8BrF2NO2S. The third-order valence-electron chi connectivity index (χ3n) is 2.03. The van der Waals surface area contributed by atoms with Gasteiger partial charge in [0.25, 0.3) is 6.43 Å². The molecule has 1 aromatic rings. The maximum atomic E-state index is 12.5. The van der Waals surface area contributed by atoms with Crippen molar-refractivity contribution in [3.05, 3.63) is 10.7 Å². The molecule has 1 aliphatic heterocycles. The molecule has 1 aliphatic rings. The number of nitrogens with zero attached hydrogens (tertiary/aromatic N) is 1. The Kier molecular flexibility index (Phi) is 3.53. The zero-order valence-electron chi connectivity index (χ0n) is 8.25. The Morgan fingerprint density at radius 2 is 2.38 bits per heavy atom. The number of aromatic nitrogens is 1. The van der Waals surface area contributed by atoms with Gasteiger partial charge in [-0.2, -0.15) is 0 Å². The number of pyridine rings is 1. The lowest BCUT2D eigenvalue weighted by molar-refractivity contribution is -0.0301. The number of thioether (sulfide) groups is 1. The van der Waals surface area contributed by atoms with Gasteiger partial charge in [0.15, 0.2) is 22.2 Å². The first-order valence-corrected chi connectivity index (χ1v) is 6.45. The number of hydrogen-bond donors (Lipinski definition) is 0. The summed E-state index contributed by atoms with van der Waals surface area (Å²) in [6, 6.07) is 1.60. The molecule has 3 nitrogen and oxygen atoms in total. The van der Waals surface area contributed by atoms with E-state index < -0.39 is 12.5 Å². The van der Waals surface area contributed by atoms with Crippen LogP contribution in [0.4, 0.5) is 8.78 Å². The topological polar surface area (TPSA) is 31.4 Å². The van der Waals surface area contributed by atoms with E-state index in [1.54, 1.807) is 6.07 Å². The first kappa shape index (κ1) is 11.9. The van der Waals surface area contributed by atoms with Crippen LogP contribution in [0.2, 0.25) is 0 Å². The molecule has 0 aliphatic carbocycles. The van der Waals surface area contributed by atoms with Crippen LogP contribution < -0.4 is 9.47 Å². The highest BCUT2D eigenvalue weighted by Gasteiger charge is 2.30. The minimum Gasteiger partial charge on any atom is -0.483 e. The third kappa shape index (κ3) is 2.24. The fourth-order valence-electron chi connectivity index (χ4n) is 1.27. The van der Waals surface area contributed by atoms with Gasteiger partial charge < -0.3 is 9.47 Å². The van der Waals surface area contributed by atoms with Crippen molar-refractivity contribution in [1.29, 1.82) is 0 Å². The normalized spacial score (nSPS) is 18.9. The van der Waals surface area contributed by atoms with Gasteiger partial charge in [0, 0.05) is 6.07 Å². The van der Waals surface area contributed by atoms with Crippen molar-refractivity contribution in [3.8, 4) is 11.5 Å². The molecule has 1 aromatic heterocycles. The molecule has 0 amide bonds. The number of hydrogen-bond acceptors (Lipinski definition) is 4. The van der Waals surface area contributed by atoms with Crippen molar-refractivity contribution >= 4 is 27.7 Å². The first-order chi connectivity index (χ1) is 7.61. The predicted octanol–water partition coefficient (Wildman–Crippen LogP) is 2.97. The minimum absolute atomic E-state index is 0.163. The minimum atomic E-state index is -2.56. The van der Waals surface area contributed by atoms with E-state index in [2.05, 4.69) is 20.9 Å². The number of ether oxygens (including phenoxy) is 2. The van der Waals surface area contributed by atoms with E-state index in [-0.39, 0.29) is 6.61 Å². The van der Waals surface area contributed by atoms with Crippen LogP contribution in [0, 0.1) is 0 Å². The van der Waals surface area contributed by atoms with Crippen molar-refractivity contribution in [1.82, 2.24) is 4.98 Å². The van der Waals surface area contributed by atoms with E-state index in [1.807, 2.05) is 6.26 Å². The number of halogens is 3. The van der Waals surface area contributed by atoms with Gasteiger partial charge in [-0.1, -0.05) is 0 Å². The lowest BCUT2D eigenvalue weighted by atomic mass is 10.3. The fourth-order valence-corrected chi connectivity index (χ4v) is 2.29. The van der Waals surface area contributed by atoms with Crippen molar-refractivity contribution in [2.45, 2.75) is 17.6 Å². The Morgan fingerprint density at radius 1 is 1.62 bits per heavy atom. The largest absolute Gasteiger partial charge is 0.483 e. The first-order valence-electron chi connectivity index (χ1n) is 4.44. The van der Waals surface area contributed by atoms with Crippen LogP contribution in [0.1, 0.15) is 0 Å². The molecule has 2 heterocycles. The Balaban J connectivity index is 2.33. The molecule has 16 heavy (non-hydrogen) atoms. The second-order valence-electron chi connectivity index (χ2n) is 3.08. The molecule has 0 spiro atoms. The highest BCUT2D eigenvalue weighted by Crippen LogP contribution is 2.40. The van der Waals surface area contributed by atoms with Crippen molar-refractivity contribution < 1.29 is 18.3 Å². The molecule has 0 saturated heterocycles. The summed E-state index contributed by atoms with van der Waals surface area (Å²) >= 11 is 4.61. The quantitative estimate of drug-likeness (QED) is 0.621. The van der Waals surface area contributed by atoms with Crippen LogP contribution in [-0.4, -0.2) is 30.4 Å². The van der Waals surface area contributed by atoms with Crippen molar-refractivity contribution in [2.75, 3.05) is 12.9 Å². The Hall–Kier alpha value is -0.560. The van der Waals surface area contributed by atoms with E-state index in [0.717, 1.165) is 0 Å². The molecule has 88 valence electrons. The summed E-state index contributed by atoms with van der Waals surface area (Å²) in [6.07, 6.45) is -1.93. The molecule has 2 rings (SSSR count). The van der Waals surface area contributed by atoms with Gasteiger partial charge in [0.1, 0.15) is 11.6 Å². The molecular weight excluding hydrogens is 304 g/mol. The van der Waals surface area contributed by atoms with Gasteiger partial charge in [-0.3, -0.25) is 0 Å². The van der Waals surface area contributed by atoms with Crippen LogP contribution in [0.5, 0.6) is 11.5 Å². The van der Waals surface area contributed by atoms with Gasteiger partial charge in [0.2, 0.25) is 0 Å². The molecule has 0 N–H and O–H groups in total. The summed E-state index contributed by atoms with van der Waals surface area (Å²) in [5, 5.41) is 0.684. The molecule has 7 heteroatoms. The van der Waals surface area contributed by atoms with Crippen molar-refractivity contribution in [2.24, 2.45) is 0 Å². The van der Waals surface area contributed by atoms with Gasteiger partial charge in [0.05, 0.1) is 0 Å². The molecule has 0 aromatic carbocycles. The van der Waals surface area contributed by atoms with Crippen LogP contribution in [0.3, 0.4) is 0 Å². The Bertz CT molecular complexity index is 405. The van der Waals surface area contributed by atoms with E-state index >= 15 is 0 Å². The maximum absolute atomic E-state index is 12.5. The van der Waals surface area contributed by atoms with Gasteiger partial charge in [-0.25, -0.2) is 13.8 Å². The fraction of sp³-hybridized carbons (Fsp3) is 0.444. The Morgan fingerprint density at radius 3 is 3.00 bits per heavy atom. The SMILES string of the molecule is CSc1cc2c(c(Br)n1)OCC(C(F)F)O2. The van der Waals surface area contributed by atoms with Gasteiger partial charge >= 0.3 is 0 Å². The molecule has 1 atom stereocenters. The average molecular weight is 312 g/mol. The predicted molar refractivity (Wildman–Crippen MR) is 59.6 cm³/mol. The van der Waals surface area contributed by atoms with Crippen molar-refractivity contribution in [3.63, 3.8) is 0 Å². The summed E-state index contributed by atoms with van der Waals surface area (Å²) < 4.78 is 35.8. The van der Waals surface area contributed by atoms with Crippen LogP contribution >= 0.6 is 27.7 Å². The van der Waals surface area contributed by atoms with Gasteiger partial charge in [-0.05, 0) is 22.2 Å². The second-order valence-corrected chi connectivity index (χ2v) is 4.66. The van der Waals surface area contributed by atoms with Crippen LogP contribution in [-0.2, 0) is 0 Å². The van der Waals surface area contributed by atoms with E-state index in [1.165, 1.54) is 11.8 Å². The molecule has 0 radical (unpaired) electrons. The average Bonchev–Trinajstić information content (AvgIpc) is 2.28. The summed E-state index contributed by atoms with van der Waals surface area (Å²) in [7, 11) is 0. The van der Waals surface area contributed by atoms with Crippen LogP contribution in [0.25, 0.3) is 0 Å². The number of fused-ring (bicyclic) bond motifs is 1. The zero-order chi connectivity index (χ0) is 11.7. The molecule has 0 bridgehead atoms. The lowest BCUT2D eigenvalue weighted by Gasteiger charge is -2.26. The monoisotopic (exact) mass is 311 g/mol. The maximum Gasteiger partial charge on any atom is 0.278 e. The summed E-state index contributed by atoms with van der Waals surface area (Å²) in [5.74, 6) is 0.692. The Labute approximate surface area is 104 Å². The lowest BCUT2D eigenvalue weighted by Crippen LogP contribution is -2.35.